The smallest absolute Gasteiger partial charge is 0.309 e. The summed E-state index contributed by atoms with van der Waals surface area (Å²) in [4.78, 5) is 12.6. The molecule has 150 valence electrons. The summed E-state index contributed by atoms with van der Waals surface area (Å²) in [5.41, 5.74) is 0.297. The zero-order valence-corrected chi connectivity index (χ0v) is 16.4. The van der Waals surface area contributed by atoms with Gasteiger partial charge in [0.1, 0.15) is 0 Å². The Bertz CT molecular complexity index is 854. The highest BCUT2D eigenvalue weighted by Crippen LogP contribution is 2.43. The third-order valence-corrected chi connectivity index (χ3v) is 5.03. The van der Waals surface area contributed by atoms with Crippen molar-refractivity contribution >= 4 is 5.97 Å². The summed E-state index contributed by atoms with van der Waals surface area (Å²) in [6, 6.07) is 27.6. The van der Waals surface area contributed by atoms with E-state index in [1.807, 2.05) is 91.0 Å². The lowest BCUT2D eigenvalue weighted by Crippen LogP contribution is -2.38. The van der Waals surface area contributed by atoms with Crippen LogP contribution in [0.15, 0.2) is 91.0 Å². The lowest BCUT2D eigenvalue weighted by molar-refractivity contribution is -0.165. The largest absolute Gasteiger partial charge is 0.454 e. The molecule has 0 aromatic heterocycles. The second kappa shape index (κ2) is 9.50. The maximum absolute atomic E-state index is 12.6. The van der Waals surface area contributed by atoms with Crippen molar-refractivity contribution in [2.45, 2.75) is 37.6 Å². The number of aliphatic hydroxyl groups excluding tert-OH is 1. The average molecular weight is 390 g/mol. The third kappa shape index (κ3) is 4.73. The molecule has 0 radical (unpaired) electrons. The van der Waals surface area contributed by atoms with E-state index in [1.165, 1.54) is 0 Å². The van der Waals surface area contributed by atoms with Gasteiger partial charge in [0.25, 0.3) is 0 Å². The molecule has 0 amide bonds. The highest BCUT2D eigenvalue weighted by atomic mass is 16.6. The average Bonchev–Trinajstić information content (AvgIpc) is 2.78. The lowest BCUT2D eigenvalue weighted by atomic mass is 9.79. The number of rotatable bonds is 8. The standard InChI is InChI=1S/C25H26O4/c1-2-22(26)18-23(27)29-24(19-12-6-3-7-13-19)25(28,20-14-8-4-9-15-20)21-16-10-5-11-17-21/h3-17,22,24,26,28H,2,18H2,1H3/t22-,24+/m0/s1. The van der Waals surface area contributed by atoms with E-state index in [1.54, 1.807) is 6.92 Å². The van der Waals surface area contributed by atoms with Gasteiger partial charge in [0.2, 0.25) is 0 Å². The van der Waals surface area contributed by atoms with E-state index in [0.29, 0.717) is 23.1 Å². The Hall–Kier alpha value is -2.95. The maximum atomic E-state index is 12.6. The molecule has 4 heteroatoms. The van der Waals surface area contributed by atoms with Crippen molar-refractivity contribution in [3.8, 4) is 0 Å². The molecule has 2 N–H and O–H groups in total. The Balaban J connectivity index is 2.12. The molecular formula is C25H26O4. The van der Waals surface area contributed by atoms with Crippen LogP contribution in [0.4, 0.5) is 0 Å². The number of hydrogen-bond acceptors (Lipinski definition) is 4. The topological polar surface area (TPSA) is 66.8 Å². The molecule has 0 aliphatic carbocycles. The molecule has 0 saturated carbocycles. The summed E-state index contributed by atoms with van der Waals surface area (Å²) in [7, 11) is 0. The molecule has 29 heavy (non-hydrogen) atoms. The van der Waals surface area contributed by atoms with E-state index >= 15 is 0 Å². The van der Waals surface area contributed by atoms with Crippen molar-refractivity contribution in [2.24, 2.45) is 0 Å². The first-order valence-corrected chi connectivity index (χ1v) is 9.81. The van der Waals surface area contributed by atoms with Gasteiger partial charge in [-0.25, -0.2) is 0 Å². The van der Waals surface area contributed by atoms with Crippen LogP contribution in [0.2, 0.25) is 0 Å². The number of carbonyl (C=O) groups excluding carboxylic acids is 1. The maximum Gasteiger partial charge on any atom is 0.309 e. The molecule has 3 aromatic rings. The van der Waals surface area contributed by atoms with Gasteiger partial charge in [-0.2, -0.15) is 0 Å². The molecule has 0 unspecified atom stereocenters. The van der Waals surface area contributed by atoms with E-state index in [-0.39, 0.29) is 6.42 Å². The van der Waals surface area contributed by atoms with Crippen LogP contribution < -0.4 is 0 Å². The zero-order valence-electron chi connectivity index (χ0n) is 16.4. The summed E-state index contributed by atoms with van der Waals surface area (Å²) in [6.07, 6.45) is -1.43. The lowest BCUT2D eigenvalue weighted by Gasteiger charge is -2.37. The first-order chi connectivity index (χ1) is 14.1. The number of benzene rings is 3. The van der Waals surface area contributed by atoms with E-state index in [0.717, 1.165) is 0 Å². The van der Waals surface area contributed by atoms with Crippen LogP contribution in [-0.2, 0) is 15.1 Å². The Morgan fingerprint density at radius 2 is 1.31 bits per heavy atom. The van der Waals surface area contributed by atoms with Crippen molar-refractivity contribution < 1.29 is 19.7 Å². The number of carbonyl (C=O) groups is 1. The van der Waals surface area contributed by atoms with Crippen LogP contribution in [0.5, 0.6) is 0 Å². The van der Waals surface area contributed by atoms with Crippen molar-refractivity contribution in [1.29, 1.82) is 0 Å². The van der Waals surface area contributed by atoms with Crippen LogP contribution in [0.25, 0.3) is 0 Å². The van der Waals surface area contributed by atoms with Crippen molar-refractivity contribution in [2.75, 3.05) is 0 Å². The van der Waals surface area contributed by atoms with Crippen molar-refractivity contribution in [3.63, 3.8) is 0 Å². The zero-order chi connectivity index (χ0) is 20.7. The van der Waals surface area contributed by atoms with Gasteiger partial charge < -0.3 is 14.9 Å². The molecule has 4 nitrogen and oxygen atoms in total. The normalized spacial score (nSPS) is 13.5. The minimum atomic E-state index is -1.60. The number of ether oxygens (including phenoxy) is 1. The highest BCUT2D eigenvalue weighted by Gasteiger charge is 2.44. The molecule has 0 aliphatic rings. The van der Waals surface area contributed by atoms with Gasteiger partial charge in [0.05, 0.1) is 12.5 Å². The van der Waals surface area contributed by atoms with Crippen molar-refractivity contribution in [1.82, 2.24) is 0 Å². The predicted molar refractivity (Wildman–Crippen MR) is 112 cm³/mol. The molecule has 2 atom stereocenters. The monoisotopic (exact) mass is 390 g/mol. The number of esters is 1. The molecule has 0 spiro atoms. The molecule has 0 heterocycles. The second-order valence-electron chi connectivity index (χ2n) is 7.05. The summed E-state index contributed by atoms with van der Waals surface area (Å²) >= 11 is 0. The van der Waals surface area contributed by atoms with Gasteiger partial charge in [-0.3, -0.25) is 4.79 Å². The Labute approximate surface area is 171 Å². The van der Waals surface area contributed by atoms with E-state index in [4.69, 9.17) is 4.74 Å². The Morgan fingerprint density at radius 3 is 1.76 bits per heavy atom. The number of hydrogen-bond donors (Lipinski definition) is 2. The van der Waals surface area contributed by atoms with Gasteiger partial charge in [-0.1, -0.05) is 97.9 Å². The van der Waals surface area contributed by atoms with Crippen LogP contribution >= 0.6 is 0 Å². The highest BCUT2D eigenvalue weighted by molar-refractivity contribution is 5.70. The van der Waals surface area contributed by atoms with Gasteiger partial charge in [-0.15, -0.1) is 0 Å². The molecule has 3 aromatic carbocycles. The molecule has 0 bridgehead atoms. The predicted octanol–water partition coefficient (Wildman–Crippen LogP) is 4.37. The first kappa shape index (κ1) is 20.8. The van der Waals surface area contributed by atoms with Crippen LogP contribution in [-0.4, -0.2) is 22.3 Å². The van der Waals surface area contributed by atoms with E-state index < -0.39 is 23.8 Å². The van der Waals surface area contributed by atoms with E-state index in [2.05, 4.69) is 0 Å². The fourth-order valence-electron chi connectivity index (χ4n) is 3.39. The molecule has 0 saturated heterocycles. The van der Waals surface area contributed by atoms with Gasteiger partial charge >= 0.3 is 5.97 Å². The molecule has 0 fully saturated rings. The van der Waals surface area contributed by atoms with Crippen molar-refractivity contribution in [3.05, 3.63) is 108 Å². The summed E-state index contributed by atoms with van der Waals surface area (Å²) in [5.74, 6) is -0.557. The third-order valence-electron chi connectivity index (χ3n) is 5.03. The van der Waals surface area contributed by atoms with Crippen LogP contribution in [0, 0.1) is 0 Å². The fraction of sp³-hybridized carbons (Fsp3) is 0.240. The first-order valence-electron chi connectivity index (χ1n) is 9.81. The fourth-order valence-corrected chi connectivity index (χ4v) is 3.39. The molecular weight excluding hydrogens is 364 g/mol. The van der Waals surface area contributed by atoms with E-state index in [9.17, 15) is 15.0 Å². The Morgan fingerprint density at radius 1 is 0.862 bits per heavy atom. The minimum Gasteiger partial charge on any atom is -0.454 e. The Kier molecular flexibility index (Phi) is 6.81. The van der Waals surface area contributed by atoms with Crippen LogP contribution in [0.1, 0.15) is 42.6 Å². The number of aliphatic hydroxyl groups is 2. The van der Waals surface area contributed by atoms with Gasteiger partial charge in [-0.05, 0) is 23.1 Å². The van der Waals surface area contributed by atoms with Gasteiger partial charge in [0, 0.05) is 0 Å². The molecule has 3 rings (SSSR count). The molecule has 0 aliphatic heterocycles. The SMILES string of the molecule is CC[C@H](O)CC(=O)O[C@H](c1ccccc1)C(O)(c1ccccc1)c1ccccc1. The van der Waals surface area contributed by atoms with Gasteiger partial charge in [0.15, 0.2) is 11.7 Å². The second-order valence-corrected chi connectivity index (χ2v) is 7.05. The minimum absolute atomic E-state index is 0.126. The van der Waals surface area contributed by atoms with Crippen LogP contribution in [0.3, 0.4) is 0 Å². The summed E-state index contributed by atoms with van der Waals surface area (Å²) in [6.45, 7) is 1.80. The summed E-state index contributed by atoms with van der Waals surface area (Å²) < 4.78 is 5.83. The quantitative estimate of drug-likeness (QED) is 0.561. The summed E-state index contributed by atoms with van der Waals surface area (Å²) in [5, 5.41) is 22.0.